The normalized spacial score (nSPS) is 17.7. The van der Waals surface area contributed by atoms with Crippen molar-refractivity contribution in [1.29, 1.82) is 0 Å². The van der Waals surface area contributed by atoms with Gasteiger partial charge < -0.3 is 14.8 Å². The van der Waals surface area contributed by atoms with E-state index in [-0.39, 0.29) is 29.6 Å². The highest BCUT2D eigenvalue weighted by Gasteiger charge is 2.36. The Bertz CT molecular complexity index is 1030. The van der Waals surface area contributed by atoms with Crippen molar-refractivity contribution in [2.24, 2.45) is 5.92 Å². The van der Waals surface area contributed by atoms with Crippen LogP contribution in [0.3, 0.4) is 0 Å². The van der Waals surface area contributed by atoms with Crippen LogP contribution in [0.2, 0.25) is 0 Å². The molecule has 0 saturated heterocycles. The fraction of sp³-hybridized carbons (Fsp3) is 0.217. The number of aromatic nitrogens is 1. The number of hydrogen-bond donors (Lipinski definition) is 1. The molecule has 0 radical (unpaired) electrons. The maximum atomic E-state index is 12.9. The molecule has 5 nitrogen and oxygen atoms in total. The standard InChI is InChI=1S/C23H20F2N2O3/c1-14-10-18(5-8-21(14)30-22-9-4-17(25)13-26-22)27-23(28)15-11-20(12-15)29-19-6-2-16(24)3-7-19/h2-10,13,15,20H,11-12H2,1H3,(H,27,28). The second kappa shape index (κ2) is 8.49. The third kappa shape index (κ3) is 4.74. The van der Waals surface area contributed by atoms with Crippen LogP contribution in [0.25, 0.3) is 0 Å². The van der Waals surface area contributed by atoms with E-state index in [2.05, 4.69) is 10.3 Å². The van der Waals surface area contributed by atoms with Gasteiger partial charge in [-0.05, 0) is 73.9 Å². The van der Waals surface area contributed by atoms with Crippen molar-refractivity contribution in [3.8, 4) is 17.4 Å². The minimum absolute atomic E-state index is 0.0491. The third-order valence-electron chi connectivity index (χ3n) is 4.94. The van der Waals surface area contributed by atoms with Crippen LogP contribution in [0.4, 0.5) is 14.5 Å². The molecular weight excluding hydrogens is 390 g/mol. The lowest BCUT2D eigenvalue weighted by Gasteiger charge is -2.34. The number of nitrogens with one attached hydrogen (secondary N) is 1. The minimum Gasteiger partial charge on any atom is -0.490 e. The van der Waals surface area contributed by atoms with Gasteiger partial charge in [-0.15, -0.1) is 0 Å². The summed E-state index contributed by atoms with van der Waals surface area (Å²) in [6.45, 7) is 1.85. The van der Waals surface area contributed by atoms with E-state index in [9.17, 15) is 13.6 Å². The molecule has 0 atom stereocenters. The number of nitrogens with zero attached hydrogens (tertiary/aromatic N) is 1. The zero-order valence-electron chi connectivity index (χ0n) is 16.3. The van der Waals surface area contributed by atoms with Gasteiger partial charge in [0.1, 0.15) is 29.2 Å². The first kappa shape index (κ1) is 19.8. The number of rotatable bonds is 6. The van der Waals surface area contributed by atoms with Crippen molar-refractivity contribution in [3.63, 3.8) is 0 Å². The predicted molar refractivity (Wildman–Crippen MR) is 108 cm³/mol. The number of halogens is 2. The highest BCUT2D eigenvalue weighted by Crippen LogP contribution is 2.33. The molecular formula is C23H20F2N2O3. The molecule has 1 aliphatic rings. The van der Waals surface area contributed by atoms with Crippen LogP contribution in [0, 0.1) is 24.5 Å². The Labute approximate surface area is 172 Å². The van der Waals surface area contributed by atoms with Gasteiger partial charge in [0.25, 0.3) is 0 Å². The van der Waals surface area contributed by atoms with Crippen molar-refractivity contribution < 1.29 is 23.0 Å². The maximum absolute atomic E-state index is 12.9. The summed E-state index contributed by atoms with van der Waals surface area (Å²) < 4.78 is 37.3. The summed E-state index contributed by atoms with van der Waals surface area (Å²) in [5.74, 6) is 0.521. The maximum Gasteiger partial charge on any atom is 0.227 e. The van der Waals surface area contributed by atoms with E-state index in [1.165, 1.54) is 24.3 Å². The number of anilines is 1. The van der Waals surface area contributed by atoms with Gasteiger partial charge in [0.2, 0.25) is 11.8 Å². The van der Waals surface area contributed by atoms with Crippen LogP contribution in [-0.4, -0.2) is 17.0 Å². The molecule has 1 aliphatic carbocycles. The molecule has 1 amide bonds. The summed E-state index contributed by atoms with van der Waals surface area (Å²) in [6, 6.07) is 13.9. The molecule has 7 heteroatoms. The Kier molecular flexibility index (Phi) is 5.61. The number of ether oxygens (including phenoxy) is 2. The summed E-state index contributed by atoms with van der Waals surface area (Å²) in [4.78, 5) is 16.3. The zero-order chi connectivity index (χ0) is 21.1. The second-order valence-electron chi connectivity index (χ2n) is 7.25. The van der Waals surface area contributed by atoms with E-state index in [0.29, 0.717) is 30.0 Å². The number of carbonyl (C=O) groups is 1. The Morgan fingerprint density at radius 1 is 1.03 bits per heavy atom. The number of benzene rings is 2. The second-order valence-corrected chi connectivity index (χ2v) is 7.25. The van der Waals surface area contributed by atoms with Gasteiger partial charge in [0, 0.05) is 17.7 Å². The van der Waals surface area contributed by atoms with E-state index in [1.807, 2.05) is 13.0 Å². The minimum atomic E-state index is -0.432. The summed E-state index contributed by atoms with van der Waals surface area (Å²) in [7, 11) is 0. The Hall–Kier alpha value is -3.48. The fourth-order valence-corrected chi connectivity index (χ4v) is 3.20. The number of aryl methyl sites for hydroxylation is 1. The van der Waals surface area contributed by atoms with Crippen LogP contribution in [0.15, 0.2) is 60.8 Å². The molecule has 1 saturated carbocycles. The summed E-state index contributed by atoms with van der Waals surface area (Å²) in [5.41, 5.74) is 1.48. The summed E-state index contributed by atoms with van der Waals surface area (Å²) in [6.07, 6.45) is 2.26. The molecule has 0 bridgehead atoms. The Morgan fingerprint density at radius 3 is 2.43 bits per heavy atom. The molecule has 2 aromatic carbocycles. The third-order valence-corrected chi connectivity index (χ3v) is 4.94. The molecule has 0 aliphatic heterocycles. The van der Waals surface area contributed by atoms with Crippen molar-refractivity contribution in [3.05, 3.63) is 78.0 Å². The molecule has 4 rings (SSSR count). The van der Waals surface area contributed by atoms with Gasteiger partial charge in [0.05, 0.1) is 6.20 Å². The average Bonchev–Trinajstić information content (AvgIpc) is 2.69. The first-order chi connectivity index (χ1) is 14.5. The van der Waals surface area contributed by atoms with Crippen LogP contribution in [0.1, 0.15) is 18.4 Å². The largest absolute Gasteiger partial charge is 0.490 e. The van der Waals surface area contributed by atoms with Crippen LogP contribution >= 0.6 is 0 Å². The molecule has 1 fully saturated rings. The van der Waals surface area contributed by atoms with E-state index >= 15 is 0 Å². The predicted octanol–water partition coefficient (Wildman–Crippen LogP) is 5.26. The highest BCUT2D eigenvalue weighted by molar-refractivity contribution is 5.93. The molecule has 1 aromatic heterocycles. The Morgan fingerprint density at radius 2 is 1.77 bits per heavy atom. The molecule has 0 spiro atoms. The van der Waals surface area contributed by atoms with Crippen LogP contribution in [0.5, 0.6) is 17.4 Å². The van der Waals surface area contributed by atoms with Gasteiger partial charge in [-0.3, -0.25) is 4.79 Å². The SMILES string of the molecule is Cc1cc(NC(=O)C2CC(Oc3ccc(F)cc3)C2)ccc1Oc1ccc(F)cn1. The number of carbonyl (C=O) groups excluding carboxylic acids is 1. The lowest BCUT2D eigenvalue weighted by atomic mass is 9.81. The topological polar surface area (TPSA) is 60.5 Å². The van der Waals surface area contributed by atoms with Crippen molar-refractivity contribution in [2.45, 2.75) is 25.9 Å². The van der Waals surface area contributed by atoms with Crippen molar-refractivity contribution in [1.82, 2.24) is 4.98 Å². The van der Waals surface area contributed by atoms with Gasteiger partial charge in [-0.2, -0.15) is 0 Å². The van der Waals surface area contributed by atoms with Gasteiger partial charge in [-0.1, -0.05) is 0 Å². The van der Waals surface area contributed by atoms with Crippen molar-refractivity contribution in [2.75, 3.05) is 5.32 Å². The molecule has 154 valence electrons. The lowest BCUT2D eigenvalue weighted by molar-refractivity contribution is -0.125. The smallest absolute Gasteiger partial charge is 0.227 e. The molecule has 3 aromatic rings. The van der Waals surface area contributed by atoms with E-state index < -0.39 is 5.82 Å². The first-order valence-corrected chi connectivity index (χ1v) is 9.59. The van der Waals surface area contributed by atoms with E-state index in [0.717, 1.165) is 11.8 Å². The van der Waals surface area contributed by atoms with Gasteiger partial charge >= 0.3 is 0 Å². The molecule has 30 heavy (non-hydrogen) atoms. The number of pyridine rings is 1. The zero-order valence-corrected chi connectivity index (χ0v) is 16.3. The number of amides is 1. The average molecular weight is 410 g/mol. The van der Waals surface area contributed by atoms with E-state index in [1.54, 1.807) is 24.3 Å². The number of hydrogen-bond acceptors (Lipinski definition) is 4. The lowest BCUT2D eigenvalue weighted by Crippen LogP contribution is -2.40. The highest BCUT2D eigenvalue weighted by atomic mass is 19.1. The summed E-state index contributed by atoms with van der Waals surface area (Å²) in [5, 5.41) is 2.91. The quantitative estimate of drug-likeness (QED) is 0.602. The van der Waals surface area contributed by atoms with Gasteiger partial charge in [0.15, 0.2) is 0 Å². The molecule has 1 heterocycles. The van der Waals surface area contributed by atoms with Crippen LogP contribution in [-0.2, 0) is 4.79 Å². The van der Waals surface area contributed by atoms with Crippen LogP contribution < -0.4 is 14.8 Å². The molecule has 0 unspecified atom stereocenters. The monoisotopic (exact) mass is 410 g/mol. The van der Waals surface area contributed by atoms with Gasteiger partial charge in [-0.25, -0.2) is 13.8 Å². The summed E-state index contributed by atoms with van der Waals surface area (Å²) >= 11 is 0. The Balaban J connectivity index is 1.29. The fourth-order valence-electron chi connectivity index (χ4n) is 3.20. The van der Waals surface area contributed by atoms with Crippen molar-refractivity contribution >= 4 is 11.6 Å². The first-order valence-electron chi connectivity index (χ1n) is 9.59. The molecule has 1 N–H and O–H groups in total. The van der Waals surface area contributed by atoms with E-state index in [4.69, 9.17) is 9.47 Å².